The molecule has 0 aliphatic carbocycles. The zero-order chi connectivity index (χ0) is 10.2. The lowest BCUT2D eigenvalue weighted by atomic mass is 10.6. The predicted molar refractivity (Wildman–Crippen MR) is 55.8 cm³/mol. The van der Waals surface area contributed by atoms with Gasteiger partial charge in [0.25, 0.3) is 0 Å². The zero-order valence-electron chi connectivity index (χ0n) is 8.91. The highest BCUT2D eigenvalue weighted by molar-refractivity contribution is 7.63. The van der Waals surface area contributed by atoms with E-state index in [1.807, 2.05) is 20.8 Å². The van der Waals surface area contributed by atoms with Crippen molar-refractivity contribution in [2.75, 3.05) is 32.1 Å². The molecule has 0 aliphatic heterocycles. The van der Waals surface area contributed by atoms with Crippen LogP contribution in [0, 0.1) is 0 Å². The van der Waals surface area contributed by atoms with Crippen molar-refractivity contribution in [2.45, 2.75) is 27.2 Å². The molecule has 0 spiro atoms. The summed E-state index contributed by atoms with van der Waals surface area (Å²) < 4.78 is 22.5. The highest BCUT2D eigenvalue weighted by Crippen LogP contribution is 2.45. The molecule has 0 bridgehead atoms. The van der Waals surface area contributed by atoms with Gasteiger partial charge in [0, 0.05) is 19.4 Å². The molecule has 0 saturated carbocycles. The van der Waals surface area contributed by atoms with Crippen LogP contribution in [0.3, 0.4) is 0 Å². The number of hydrogen-bond donors (Lipinski definition) is 0. The van der Waals surface area contributed by atoms with Gasteiger partial charge in [0.2, 0.25) is 0 Å². The van der Waals surface area contributed by atoms with Crippen LogP contribution in [0.4, 0.5) is 0 Å². The topological polar surface area (TPSA) is 35.5 Å². The second kappa shape index (κ2) is 7.54. The molecule has 0 heterocycles. The Morgan fingerprint density at radius 3 is 1.77 bits per heavy atom. The molecule has 0 amide bonds. The van der Waals surface area contributed by atoms with E-state index in [2.05, 4.69) is 0 Å². The highest BCUT2D eigenvalue weighted by atomic mass is 31.2. The van der Waals surface area contributed by atoms with Crippen LogP contribution < -0.4 is 0 Å². The molecule has 4 heteroatoms. The van der Waals surface area contributed by atoms with Crippen LogP contribution in [0.15, 0.2) is 0 Å². The highest BCUT2D eigenvalue weighted by Gasteiger charge is 2.20. The summed E-state index contributed by atoms with van der Waals surface area (Å²) in [5.41, 5.74) is 0. The Hall–Kier alpha value is 0.150. The second-order valence-corrected chi connectivity index (χ2v) is 6.11. The maximum absolute atomic E-state index is 12.1. The van der Waals surface area contributed by atoms with E-state index in [0.717, 1.165) is 12.6 Å². The van der Waals surface area contributed by atoms with E-state index in [1.54, 1.807) is 0 Å². The first-order chi connectivity index (χ1) is 6.18. The van der Waals surface area contributed by atoms with Crippen molar-refractivity contribution in [3.8, 4) is 0 Å². The Kier molecular flexibility index (Phi) is 7.63. The minimum absolute atomic E-state index is 0.372. The van der Waals surface area contributed by atoms with E-state index in [1.165, 1.54) is 0 Å². The fourth-order valence-corrected chi connectivity index (χ4v) is 3.27. The summed E-state index contributed by atoms with van der Waals surface area (Å²) in [5.74, 6) is 0. The molecular weight excluding hydrogens is 187 g/mol. The van der Waals surface area contributed by atoms with Crippen molar-refractivity contribution in [3.63, 3.8) is 0 Å². The zero-order valence-corrected chi connectivity index (χ0v) is 9.81. The molecule has 0 fully saturated rings. The Morgan fingerprint density at radius 2 is 1.46 bits per heavy atom. The van der Waals surface area contributed by atoms with Crippen molar-refractivity contribution in [3.05, 3.63) is 0 Å². The van der Waals surface area contributed by atoms with Crippen molar-refractivity contribution < 1.29 is 14.0 Å². The van der Waals surface area contributed by atoms with E-state index >= 15 is 0 Å². The molecule has 0 unspecified atom stereocenters. The van der Waals surface area contributed by atoms with Gasteiger partial charge in [0.1, 0.15) is 19.8 Å². The van der Waals surface area contributed by atoms with Gasteiger partial charge in [-0.05, 0) is 20.3 Å². The molecule has 13 heavy (non-hydrogen) atoms. The fraction of sp³-hybridized carbons (Fsp3) is 1.00. The average Bonchev–Trinajstić information content (AvgIpc) is 2.12. The standard InChI is InChI=1S/C9H21O3P/c1-4-7-13(10,8-11-5-2)9-12-6-3/h4-9H2,1-3H3. The smallest absolute Gasteiger partial charge is 0.136 e. The minimum atomic E-state index is -2.20. The van der Waals surface area contributed by atoms with Crippen molar-refractivity contribution in [1.29, 1.82) is 0 Å². The molecule has 0 saturated heterocycles. The molecule has 0 atom stereocenters. The Morgan fingerprint density at radius 1 is 1.00 bits per heavy atom. The first-order valence-electron chi connectivity index (χ1n) is 4.91. The molecular formula is C9H21O3P. The van der Waals surface area contributed by atoms with Crippen LogP contribution >= 0.6 is 7.14 Å². The van der Waals surface area contributed by atoms with Gasteiger partial charge in [-0.1, -0.05) is 6.92 Å². The van der Waals surface area contributed by atoms with Gasteiger partial charge < -0.3 is 14.0 Å². The van der Waals surface area contributed by atoms with E-state index in [0.29, 0.717) is 25.9 Å². The van der Waals surface area contributed by atoms with Crippen LogP contribution in [-0.4, -0.2) is 32.1 Å². The van der Waals surface area contributed by atoms with Gasteiger partial charge in [-0.25, -0.2) is 0 Å². The maximum atomic E-state index is 12.1. The Balaban J connectivity index is 3.92. The van der Waals surface area contributed by atoms with Gasteiger partial charge in [0.05, 0.1) is 0 Å². The molecule has 0 N–H and O–H groups in total. The molecule has 0 aromatic heterocycles. The molecule has 0 aromatic carbocycles. The van der Waals surface area contributed by atoms with Crippen LogP contribution in [0.25, 0.3) is 0 Å². The largest absolute Gasteiger partial charge is 0.374 e. The van der Waals surface area contributed by atoms with Crippen LogP contribution in [-0.2, 0) is 14.0 Å². The minimum Gasteiger partial charge on any atom is -0.374 e. The first kappa shape index (κ1) is 13.2. The van der Waals surface area contributed by atoms with E-state index in [-0.39, 0.29) is 0 Å². The van der Waals surface area contributed by atoms with Crippen molar-refractivity contribution in [2.24, 2.45) is 0 Å². The number of rotatable bonds is 8. The monoisotopic (exact) mass is 208 g/mol. The molecule has 0 aromatic rings. The fourth-order valence-electron chi connectivity index (χ4n) is 1.09. The van der Waals surface area contributed by atoms with Gasteiger partial charge in [-0.3, -0.25) is 0 Å². The normalized spacial score (nSPS) is 11.9. The summed E-state index contributed by atoms with van der Waals surface area (Å²) in [6.07, 6.45) is 2.40. The Bertz CT molecular complexity index is 147. The molecule has 0 radical (unpaired) electrons. The first-order valence-corrected chi connectivity index (χ1v) is 7.17. The summed E-state index contributed by atoms with van der Waals surface area (Å²) in [6.45, 7) is 7.11. The van der Waals surface area contributed by atoms with E-state index < -0.39 is 7.14 Å². The average molecular weight is 208 g/mol. The van der Waals surface area contributed by atoms with E-state index in [9.17, 15) is 4.57 Å². The third-order valence-corrected chi connectivity index (χ3v) is 4.26. The summed E-state index contributed by atoms with van der Waals surface area (Å²) in [5, 5.41) is 0. The van der Waals surface area contributed by atoms with E-state index in [4.69, 9.17) is 9.47 Å². The summed E-state index contributed by atoms with van der Waals surface area (Å²) >= 11 is 0. The summed E-state index contributed by atoms with van der Waals surface area (Å²) in [4.78, 5) is 0. The van der Waals surface area contributed by atoms with Crippen molar-refractivity contribution >= 4 is 7.14 Å². The third kappa shape index (κ3) is 6.25. The van der Waals surface area contributed by atoms with Gasteiger partial charge >= 0.3 is 0 Å². The molecule has 0 rings (SSSR count). The molecule has 80 valence electrons. The molecule has 0 aliphatic rings. The lowest BCUT2D eigenvalue weighted by molar-refractivity contribution is 0.169. The van der Waals surface area contributed by atoms with Crippen molar-refractivity contribution in [1.82, 2.24) is 0 Å². The SMILES string of the molecule is CCCP(=O)(COCC)COCC. The van der Waals surface area contributed by atoms with Gasteiger partial charge in [-0.2, -0.15) is 0 Å². The lowest BCUT2D eigenvalue weighted by Crippen LogP contribution is -2.05. The lowest BCUT2D eigenvalue weighted by Gasteiger charge is -2.16. The summed E-state index contributed by atoms with van der Waals surface area (Å²) in [7, 11) is -2.20. The second-order valence-electron chi connectivity index (χ2n) is 3.03. The van der Waals surface area contributed by atoms with Gasteiger partial charge in [0.15, 0.2) is 0 Å². The predicted octanol–water partition coefficient (Wildman–Crippen LogP) is 2.75. The molecule has 3 nitrogen and oxygen atoms in total. The van der Waals surface area contributed by atoms with Crippen LogP contribution in [0.1, 0.15) is 27.2 Å². The Labute approximate surface area is 81.2 Å². The summed E-state index contributed by atoms with van der Waals surface area (Å²) in [6, 6.07) is 0. The quantitative estimate of drug-likeness (QED) is 0.575. The number of hydrogen-bond acceptors (Lipinski definition) is 3. The van der Waals surface area contributed by atoms with Gasteiger partial charge in [-0.15, -0.1) is 0 Å². The third-order valence-electron chi connectivity index (χ3n) is 1.69. The van der Waals surface area contributed by atoms with Crippen LogP contribution in [0.5, 0.6) is 0 Å². The maximum Gasteiger partial charge on any atom is 0.136 e. The number of ether oxygens (including phenoxy) is 2. The van der Waals surface area contributed by atoms with Crippen LogP contribution in [0.2, 0.25) is 0 Å².